The summed E-state index contributed by atoms with van der Waals surface area (Å²) >= 11 is 0. The lowest BCUT2D eigenvalue weighted by Crippen LogP contribution is -2.45. The maximum absolute atomic E-state index is 12.7. The van der Waals surface area contributed by atoms with E-state index in [9.17, 15) is 4.79 Å². The molecule has 1 aromatic heterocycles. The smallest absolute Gasteiger partial charge is 0.291 e. The maximum atomic E-state index is 12.7. The number of allylic oxidation sites excluding steroid dienone is 2. The molecular formula is C21H28O4. The van der Waals surface area contributed by atoms with E-state index in [0.717, 1.165) is 0 Å². The Morgan fingerprint density at radius 1 is 1.24 bits per heavy atom. The fourth-order valence-electron chi connectivity index (χ4n) is 4.93. The first-order chi connectivity index (χ1) is 11.6. The van der Waals surface area contributed by atoms with Gasteiger partial charge in [0, 0.05) is 11.5 Å². The summed E-state index contributed by atoms with van der Waals surface area (Å²) in [4.78, 5) is 12.7. The molecule has 4 unspecified atom stereocenters. The van der Waals surface area contributed by atoms with Gasteiger partial charge in [0.25, 0.3) is 5.95 Å². The predicted octanol–water partition coefficient (Wildman–Crippen LogP) is 4.22. The molecule has 1 aliphatic heterocycles. The molecule has 136 valence electrons. The van der Waals surface area contributed by atoms with E-state index in [2.05, 4.69) is 39.8 Å². The first-order valence-corrected chi connectivity index (χ1v) is 8.80. The molecule has 4 nitrogen and oxygen atoms in total. The van der Waals surface area contributed by atoms with Crippen LogP contribution >= 0.6 is 0 Å². The molecule has 3 rings (SSSR count). The fraction of sp³-hybridized carbons (Fsp3) is 0.571. The Balaban J connectivity index is 2.32. The Kier molecular flexibility index (Phi) is 4.03. The molecule has 0 spiro atoms. The minimum absolute atomic E-state index is 0.0220. The summed E-state index contributed by atoms with van der Waals surface area (Å²) in [6.07, 6.45) is 4.48. The van der Waals surface area contributed by atoms with Gasteiger partial charge < -0.3 is 13.9 Å². The van der Waals surface area contributed by atoms with Crippen LogP contribution in [0.5, 0.6) is 5.95 Å². The monoisotopic (exact) mass is 344 g/mol. The van der Waals surface area contributed by atoms with Gasteiger partial charge in [0.1, 0.15) is 17.5 Å². The van der Waals surface area contributed by atoms with Crippen LogP contribution in [0.4, 0.5) is 0 Å². The highest BCUT2D eigenvalue weighted by molar-refractivity contribution is 5.46. The molecule has 0 bridgehead atoms. The molecule has 0 aromatic carbocycles. The second kappa shape index (κ2) is 5.60. The van der Waals surface area contributed by atoms with Crippen molar-refractivity contribution >= 4 is 0 Å². The van der Waals surface area contributed by atoms with Gasteiger partial charge in [-0.05, 0) is 54.0 Å². The van der Waals surface area contributed by atoms with Crippen LogP contribution in [0, 0.1) is 19.8 Å². The zero-order valence-electron chi connectivity index (χ0n) is 16.4. The molecule has 0 amide bonds. The van der Waals surface area contributed by atoms with E-state index in [-0.39, 0.29) is 23.1 Å². The molecule has 1 saturated heterocycles. The zero-order valence-corrected chi connectivity index (χ0v) is 16.4. The van der Waals surface area contributed by atoms with Crippen LogP contribution < -0.4 is 10.2 Å². The lowest BCUT2D eigenvalue weighted by molar-refractivity contribution is 0.178. The highest BCUT2D eigenvalue weighted by atomic mass is 16.6. The molecule has 0 radical (unpaired) electrons. The van der Waals surface area contributed by atoms with Crippen molar-refractivity contribution in [1.82, 2.24) is 0 Å². The van der Waals surface area contributed by atoms with Crippen LogP contribution in [-0.4, -0.2) is 18.8 Å². The average molecular weight is 344 g/mol. The Morgan fingerprint density at radius 3 is 2.44 bits per heavy atom. The fourth-order valence-corrected chi connectivity index (χ4v) is 4.93. The summed E-state index contributed by atoms with van der Waals surface area (Å²) in [7, 11) is 1.53. The second-order valence-corrected chi connectivity index (χ2v) is 7.82. The Hall–Kier alpha value is -1.81. The molecular weight excluding hydrogens is 316 g/mol. The van der Waals surface area contributed by atoms with E-state index in [0.29, 0.717) is 22.8 Å². The van der Waals surface area contributed by atoms with Gasteiger partial charge in [0.05, 0.1) is 18.1 Å². The Labute approximate surface area is 149 Å². The van der Waals surface area contributed by atoms with Crippen molar-refractivity contribution in [2.24, 2.45) is 5.92 Å². The maximum Gasteiger partial charge on any atom is 0.291 e. The SMILES string of the molecule is CC=C(C)C1C(C)(c2oc(OC)c(C)c(=O)c2C)C=C(C)C2OC21C. The second-order valence-electron chi connectivity index (χ2n) is 7.82. The van der Waals surface area contributed by atoms with E-state index in [4.69, 9.17) is 13.9 Å². The van der Waals surface area contributed by atoms with Gasteiger partial charge in [-0.2, -0.15) is 0 Å². The summed E-state index contributed by atoms with van der Waals surface area (Å²) in [5, 5.41) is 0. The van der Waals surface area contributed by atoms with E-state index < -0.39 is 5.41 Å². The topological polar surface area (TPSA) is 52.0 Å². The van der Waals surface area contributed by atoms with Gasteiger partial charge in [-0.1, -0.05) is 17.7 Å². The van der Waals surface area contributed by atoms with Gasteiger partial charge in [-0.15, -0.1) is 0 Å². The number of rotatable bonds is 3. The largest absolute Gasteiger partial charge is 0.468 e. The van der Waals surface area contributed by atoms with Gasteiger partial charge >= 0.3 is 0 Å². The van der Waals surface area contributed by atoms with Crippen molar-refractivity contribution in [3.8, 4) is 5.95 Å². The number of ether oxygens (including phenoxy) is 2. The van der Waals surface area contributed by atoms with Crippen molar-refractivity contribution in [1.29, 1.82) is 0 Å². The third kappa shape index (κ3) is 2.34. The van der Waals surface area contributed by atoms with Crippen molar-refractivity contribution < 1.29 is 13.9 Å². The molecule has 1 aromatic rings. The highest BCUT2D eigenvalue weighted by Crippen LogP contribution is 2.60. The van der Waals surface area contributed by atoms with Crippen molar-refractivity contribution in [2.75, 3.05) is 7.11 Å². The van der Waals surface area contributed by atoms with Crippen LogP contribution in [0.1, 0.15) is 51.5 Å². The molecule has 1 aliphatic carbocycles. The van der Waals surface area contributed by atoms with Crippen molar-refractivity contribution in [2.45, 2.75) is 65.6 Å². The van der Waals surface area contributed by atoms with Gasteiger partial charge in [0.2, 0.25) is 0 Å². The average Bonchev–Trinajstić information content (AvgIpc) is 3.25. The summed E-state index contributed by atoms with van der Waals surface area (Å²) in [5.74, 6) is 1.05. The first-order valence-electron chi connectivity index (χ1n) is 8.80. The van der Waals surface area contributed by atoms with Gasteiger partial charge in [-0.3, -0.25) is 4.79 Å². The van der Waals surface area contributed by atoms with E-state index in [1.165, 1.54) is 18.3 Å². The van der Waals surface area contributed by atoms with E-state index >= 15 is 0 Å². The number of hydrogen-bond donors (Lipinski definition) is 0. The minimum Gasteiger partial charge on any atom is -0.468 e. The lowest BCUT2D eigenvalue weighted by Gasteiger charge is -2.41. The summed E-state index contributed by atoms with van der Waals surface area (Å²) in [6.45, 7) is 14.1. The number of epoxide rings is 1. The van der Waals surface area contributed by atoms with Gasteiger partial charge in [0.15, 0.2) is 5.43 Å². The quantitative estimate of drug-likeness (QED) is 0.608. The van der Waals surface area contributed by atoms with E-state index in [1.54, 1.807) is 6.92 Å². The normalized spacial score (nSPS) is 34.4. The third-order valence-corrected chi connectivity index (χ3v) is 6.06. The number of hydrogen-bond acceptors (Lipinski definition) is 4. The van der Waals surface area contributed by atoms with Crippen LogP contribution in [0.15, 0.2) is 32.5 Å². The van der Waals surface area contributed by atoms with Crippen LogP contribution in [0.25, 0.3) is 0 Å². The third-order valence-electron chi connectivity index (χ3n) is 6.06. The summed E-state index contributed by atoms with van der Waals surface area (Å²) < 4.78 is 17.6. The molecule has 0 saturated carbocycles. The summed E-state index contributed by atoms with van der Waals surface area (Å²) in [5.41, 5.74) is 2.80. The highest BCUT2D eigenvalue weighted by Gasteiger charge is 2.66. The van der Waals surface area contributed by atoms with Crippen LogP contribution in [0.2, 0.25) is 0 Å². The molecule has 1 fully saturated rings. The Morgan fingerprint density at radius 2 is 1.88 bits per heavy atom. The molecule has 2 heterocycles. The zero-order chi connectivity index (χ0) is 18.7. The molecule has 4 atom stereocenters. The molecule has 25 heavy (non-hydrogen) atoms. The van der Waals surface area contributed by atoms with Crippen molar-refractivity contribution in [3.63, 3.8) is 0 Å². The predicted molar refractivity (Wildman–Crippen MR) is 98.3 cm³/mol. The van der Waals surface area contributed by atoms with Crippen LogP contribution in [0.3, 0.4) is 0 Å². The summed E-state index contributed by atoms with van der Waals surface area (Å²) in [6, 6.07) is 0. The molecule has 0 N–H and O–H groups in total. The van der Waals surface area contributed by atoms with Gasteiger partial charge in [-0.25, -0.2) is 0 Å². The van der Waals surface area contributed by atoms with Crippen LogP contribution in [-0.2, 0) is 10.2 Å². The number of fused-ring (bicyclic) bond motifs is 1. The molecule has 4 heteroatoms. The number of methoxy groups -OCH3 is 1. The Bertz CT molecular complexity index is 844. The molecule has 2 aliphatic rings. The lowest BCUT2D eigenvalue weighted by atomic mass is 9.60. The minimum atomic E-state index is -0.480. The first kappa shape index (κ1) is 18.0. The van der Waals surface area contributed by atoms with Crippen molar-refractivity contribution in [3.05, 3.63) is 50.4 Å². The standard InChI is InChI=1S/C21H28O4/c1-9-11(2)16-20(6,10-12(3)17-21(16,7)25-17)18-13(4)15(22)14(5)19(23-8)24-18/h9-10,16-17H,1-8H3. The van der Waals surface area contributed by atoms with E-state index in [1.807, 2.05) is 13.8 Å².